The summed E-state index contributed by atoms with van der Waals surface area (Å²) >= 11 is 12.1. The molecular weight excluding hydrogens is 594 g/mol. The SMILES string of the molecule is CCOC(=O)CCC1C=CC=C(c2c(CC(=O)Nc3ccc(Cl)cc3C(F)(F)F)c(=O)oc3cc(Cl)c(C)cc23)C1C. The highest BCUT2D eigenvalue weighted by Crippen LogP contribution is 2.41. The molecule has 0 saturated carbocycles. The van der Waals surface area contributed by atoms with Gasteiger partial charge >= 0.3 is 17.8 Å². The van der Waals surface area contributed by atoms with Crippen LogP contribution in [0.25, 0.3) is 16.5 Å². The van der Waals surface area contributed by atoms with Gasteiger partial charge in [-0.3, -0.25) is 9.59 Å². The predicted molar refractivity (Wildman–Crippen MR) is 157 cm³/mol. The lowest BCUT2D eigenvalue weighted by molar-refractivity contribution is -0.143. The van der Waals surface area contributed by atoms with Crippen molar-refractivity contribution in [3.05, 3.63) is 91.3 Å². The molecule has 2 aromatic carbocycles. The maximum Gasteiger partial charge on any atom is 0.418 e. The number of fused-ring (bicyclic) bond motifs is 1. The lowest BCUT2D eigenvalue weighted by Crippen LogP contribution is -2.24. The van der Waals surface area contributed by atoms with E-state index in [1.807, 2.05) is 25.2 Å². The molecular formula is C31H28Cl2F3NO5. The van der Waals surface area contributed by atoms with E-state index in [0.29, 0.717) is 28.0 Å². The van der Waals surface area contributed by atoms with Crippen molar-refractivity contribution in [1.29, 1.82) is 0 Å². The van der Waals surface area contributed by atoms with Gasteiger partial charge in [-0.15, -0.1) is 0 Å². The third-order valence-corrected chi connectivity index (χ3v) is 7.86. The number of halogens is 5. The Morgan fingerprint density at radius 2 is 1.88 bits per heavy atom. The van der Waals surface area contributed by atoms with Crippen molar-refractivity contribution in [3.63, 3.8) is 0 Å². The van der Waals surface area contributed by atoms with Crippen LogP contribution in [0.5, 0.6) is 0 Å². The number of rotatable bonds is 8. The van der Waals surface area contributed by atoms with Gasteiger partial charge in [0.2, 0.25) is 5.91 Å². The smallest absolute Gasteiger partial charge is 0.418 e. The van der Waals surface area contributed by atoms with Crippen molar-refractivity contribution in [2.45, 2.75) is 46.2 Å². The van der Waals surface area contributed by atoms with Crippen molar-refractivity contribution < 1.29 is 31.9 Å². The van der Waals surface area contributed by atoms with Crippen LogP contribution in [0.2, 0.25) is 10.0 Å². The molecule has 1 amide bonds. The number of benzene rings is 2. The largest absolute Gasteiger partial charge is 0.466 e. The normalized spacial score (nSPS) is 16.8. The predicted octanol–water partition coefficient (Wildman–Crippen LogP) is 8.16. The summed E-state index contributed by atoms with van der Waals surface area (Å²) in [6.45, 7) is 5.74. The van der Waals surface area contributed by atoms with Crippen LogP contribution in [0, 0.1) is 18.8 Å². The molecule has 0 radical (unpaired) electrons. The van der Waals surface area contributed by atoms with Crippen molar-refractivity contribution in [3.8, 4) is 0 Å². The first-order valence-corrected chi connectivity index (χ1v) is 14.0. The van der Waals surface area contributed by atoms with E-state index in [1.165, 1.54) is 12.1 Å². The van der Waals surface area contributed by atoms with Gasteiger partial charge in [0.05, 0.1) is 29.8 Å². The molecule has 4 rings (SSSR count). The number of carbonyl (C=O) groups is 2. The molecule has 2 atom stereocenters. The number of carbonyl (C=O) groups excluding carboxylic acids is 2. The average Bonchev–Trinajstić information content (AvgIpc) is 2.91. The first-order chi connectivity index (χ1) is 19.8. The standard InChI is InChI=1S/C31H28Cl2F3NO5/c1-4-41-28(39)11-8-18-6-5-7-20(17(18)3)29-21-12-16(2)24(33)15-26(21)42-30(40)22(29)14-27(38)37-25-10-9-19(32)13-23(25)31(34,35)36/h5-7,9-10,12-13,15,17-18H,4,8,11,14H2,1-3H3,(H,37,38). The molecule has 1 aromatic heterocycles. The second-order valence-electron chi connectivity index (χ2n) is 10.1. The summed E-state index contributed by atoms with van der Waals surface area (Å²) < 4.78 is 51.5. The molecule has 0 aliphatic heterocycles. The zero-order chi connectivity index (χ0) is 30.8. The zero-order valence-corrected chi connectivity index (χ0v) is 24.5. The summed E-state index contributed by atoms with van der Waals surface area (Å²) in [7, 11) is 0. The van der Waals surface area contributed by atoms with Crippen LogP contribution >= 0.6 is 23.2 Å². The Labute approximate surface area is 250 Å². The Kier molecular flexibility index (Phi) is 9.53. The highest BCUT2D eigenvalue weighted by Gasteiger charge is 2.35. The van der Waals surface area contributed by atoms with Gasteiger partial charge in [0, 0.05) is 27.9 Å². The number of anilines is 1. The maximum atomic E-state index is 13.6. The van der Waals surface area contributed by atoms with E-state index in [4.69, 9.17) is 32.4 Å². The third-order valence-electron chi connectivity index (χ3n) is 7.22. The molecule has 1 aliphatic carbocycles. The number of ether oxygens (including phenoxy) is 1. The van der Waals surface area contributed by atoms with E-state index in [9.17, 15) is 27.6 Å². The maximum absolute atomic E-state index is 13.6. The summed E-state index contributed by atoms with van der Waals surface area (Å²) in [5, 5.41) is 3.04. The summed E-state index contributed by atoms with van der Waals surface area (Å²) in [5.74, 6) is -1.45. The Bertz CT molecular complexity index is 1660. The van der Waals surface area contributed by atoms with Crippen LogP contribution in [-0.4, -0.2) is 18.5 Å². The molecule has 1 aliphatic rings. The molecule has 0 spiro atoms. The van der Waals surface area contributed by atoms with Gasteiger partial charge in [-0.05, 0) is 73.1 Å². The second kappa shape index (κ2) is 12.8. The fourth-order valence-corrected chi connectivity index (χ4v) is 5.43. The van der Waals surface area contributed by atoms with Gasteiger partial charge in [-0.2, -0.15) is 13.2 Å². The Morgan fingerprint density at radius 3 is 2.57 bits per heavy atom. The van der Waals surface area contributed by atoms with E-state index < -0.39 is 35.4 Å². The Morgan fingerprint density at radius 1 is 1.14 bits per heavy atom. The van der Waals surface area contributed by atoms with Gasteiger partial charge in [-0.1, -0.05) is 48.4 Å². The van der Waals surface area contributed by atoms with Crippen LogP contribution in [0.4, 0.5) is 18.9 Å². The van der Waals surface area contributed by atoms with Gasteiger partial charge < -0.3 is 14.5 Å². The van der Waals surface area contributed by atoms with E-state index >= 15 is 0 Å². The number of allylic oxidation sites excluding steroid dienone is 4. The fraction of sp³-hybridized carbons (Fsp3) is 0.323. The highest BCUT2D eigenvalue weighted by molar-refractivity contribution is 6.32. The molecule has 222 valence electrons. The quantitative estimate of drug-likeness (QED) is 0.203. The van der Waals surface area contributed by atoms with E-state index in [0.717, 1.165) is 17.7 Å². The number of hydrogen-bond acceptors (Lipinski definition) is 5. The van der Waals surface area contributed by atoms with E-state index in [1.54, 1.807) is 19.9 Å². The van der Waals surface area contributed by atoms with Crippen LogP contribution in [0.3, 0.4) is 0 Å². The van der Waals surface area contributed by atoms with E-state index in [2.05, 4.69) is 5.32 Å². The lowest BCUT2D eigenvalue weighted by Gasteiger charge is -2.28. The summed E-state index contributed by atoms with van der Waals surface area (Å²) in [4.78, 5) is 38.5. The van der Waals surface area contributed by atoms with Crippen molar-refractivity contribution in [2.75, 3.05) is 11.9 Å². The Balaban J connectivity index is 1.77. The number of aryl methyl sites for hydroxylation is 1. The van der Waals surface area contributed by atoms with Crippen molar-refractivity contribution in [1.82, 2.24) is 0 Å². The first-order valence-electron chi connectivity index (χ1n) is 13.3. The van der Waals surface area contributed by atoms with E-state index in [-0.39, 0.29) is 47.0 Å². The molecule has 2 unspecified atom stereocenters. The zero-order valence-electron chi connectivity index (χ0n) is 23.0. The number of nitrogens with one attached hydrogen (secondary N) is 1. The number of alkyl halides is 3. The lowest BCUT2D eigenvalue weighted by atomic mass is 9.76. The summed E-state index contributed by atoms with van der Waals surface area (Å²) in [6, 6.07) is 6.27. The van der Waals surface area contributed by atoms with Crippen molar-refractivity contribution >= 4 is 57.3 Å². The number of hydrogen-bond donors (Lipinski definition) is 1. The molecule has 0 bridgehead atoms. The van der Waals surface area contributed by atoms with Crippen LogP contribution in [0.1, 0.15) is 48.9 Å². The third kappa shape index (κ3) is 6.90. The van der Waals surface area contributed by atoms with Gasteiger partial charge in [0.1, 0.15) is 5.58 Å². The first kappa shape index (κ1) is 31.4. The van der Waals surface area contributed by atoms with Crippen LogP contribution in [-0.2, 0) is 26.9 Å². The van der Waals surface area contributed by atoms with Gasteiger partial charge in [-0.25, -0.2) is 4.79 Å². The van der Waals surface area contributed by atoms with Crippen LogP contribution < -0.4 is 10.9 Å². The molecule has 3 aromatic rings. The molecule has 0 saturated heterocycles. The molecule has 1 N–H and O–H groups in total. The minimum atomic E-state index is -4.77. The molecule has 42 heavy (non-hydrogen) atoms. The molecule has 0 fully saturated rings. The van der Waals surface area contributed by atoms with Gasteiger partial charge in [0.25, 0.3) is 0 Å². The molecule has 6 nitrogen and oxygen atoms in total. The highest BCUT2D eigenvalue weighted by atomic mass is 35.5. The molecule has 11 heteroatoms. The minimum Gasteiger partial charge on any atom is -0.466 e. The second-order valence-corrected chi connectivity index (χ2v) is 10.9. The minimum absolute atomic E-state index is 0.0122. The average molecular weight is 622 g/mol. The number of esters is 1. The Hall–Kier alpha value is -3.56. The monoisotopic (exact) mass is 621 g/mol. The summed E-state index contributed by atoms with van der Waals surface area (Å²) in [5.41, 5.74) is -0.359. The topological polar surface area (TPSA) is 85.6 Å². The fourth-order valence-electron chi connectivity index (χ4n) is 5.10. The van der Waals surface area contributed by atoms with Crippen molar-refractivity contribution in [2.24, 2.45) is 11.8 Å². The number of amides is 1. The molecule has 1 heterocycles. The van der Waals surface area contributed by atoms with Gasteiger partial charge in [0.15, 0.2) is 0 Å². The summed E-state index contributed by atoms with van der Waals surface area (Å²) in [6.07, 6.45) is 0.971. The van der Waals surface area contributed by atoms with Crippen LogP contribution in [0.15, 0.2) is 57.8 Å².